The van der Waals surface area contributed by atoms with Gasteiger partial charge in [0.05, 0.1) is 12.7 Å². The lowest BCUT2D eigenvalue weighted by Crippen LogP contribution is -2.29. The van der Waals surface area contributed by atoms with Crippen molar-refractivity contribution in [2.45, 2.75) is 19.4 Å². The molecule has 0 saturated carbocycles. The van der Waals surface area contributed by atoms with Gasteiger partial charge in [-0.1, -0.05) is 30.3 Å². The molecule has 126 valence electrons. The zero-order valence-electron chi connectivity index (χ0n) is 13.0. The predicted molar refractivity (Wildman–Crippen MR) is 96.2 cm³/mol. The molecule has 0 aliphatic carbocycles. The van der Waals surface area contributed by atoms with E-state index in [0.29, 0.717) is 5.41 Å². The minimum Gasteiger partial charge on any atom is -0.439 e. The lowest BCUT2D eigenvalue weighted by molar-refractivity contribution is 0.248. The Balaban J connectivity index is 0.000000960. The van der Waals surface area contributed by atoms with E-state index in [-0.39, 0.29) is 24.8 Å². The molecule has 2 aromatic rings. The Morgan fingerprint density at radius 2 is 2.00 bits per heavy atom. The van der Waals surface area contributed by atoms with E-state index in [1.807, 2.05) is 24.4 Å². The molecule has 2 saturated heterocycles. The normalized spacial score (nSPS) is 23.7. The number of benzene rings is 1. The van der Waals surface area contributed by atoms with Gasteiger partial charge in [0.2, 0.25) is 5.89 Å². The quantitative estimate of drug-likeness (QED) is 0.916. The Morgan fingerprint density at radius 3 is 2.74 bits per heavy atom. The molecule has 1 atom stereocenters. The maximum Gasteiger partial charge on any atom is 0.209 e. The fraction of sp³-hybridized carbons (Fsp3) is 0.471. The van der Waals surface area contributed by atoms with Crippen molar-refractivity contribution in [2.75, 3.05) is 26.2 Å². The molecule has 2 aliphatic heterocycles. The van der Waals surface area contributed by atoms with Crippen molar-refractivity contribution >= 4 is 24.8 Å². The summed E-state index contributed by atoms with van der Waals surface area (Å²) in [6.45, 7) is 5.50. The van der Waals surface area contributed by atoms with Gasteiger partial charge < -0.3 is 9.73 Å². The maximum atomic E-state index is 5.91. The molecule has 2 fully saturated rings. The standard InChI is InChI=1S/C17H21N3O.2ClH/c1-2-4-14(5-3-1)15-10-19-16(21-15)11-20-9-7-17(13-20)6-8-18-12-17;;/h1-5,10,18H,6-9,11-13H2;2*1H. The van der Waals surface area contributed by atoms with E-state index >= 15 is 0 Å². The van der Waals surface area contributed by atoms with Crippen LogP contribution >= 0.6 is 24.8 Å². The number of nitrogens with zero attached hydrogens (tertiary/aromatic N) is 2. The summed E-state index contributed by atoms with van der Waals surface area (Å²) in [6, 6.07) is 10.2. The van der Waals surface area contributed by atoms with Crippen LogP contribution in [0.5, 0.6) is 0 Å². The molecule has 3 heterocycles. The zero-order chi connectivity index (χ0) is 14.1. The van der Waals surface area contributed by atoms with Crippen molar-refractivity contribution in [1.29, 1.82) is 0 Å². The van der Waals surface area contributed by atoms with Crippen LogP contribution in [0.2, 0.25) is 0 Å². The second-order valence-corrected chi connectivity index (χ2v) is 6.37. The Bertz CT molecular complexity index is 611. The second-order valence-electron chi connectivity index (χ2n) is 6.37. The molecule has 2 aliphatic rings. The van der Waals surface area contributed by atoms with Crippen molar-refractivity contribution in [3.05, 3.63) is 42.4 Å². The van der Waals surface area contributed by atoms with Gasteiger partial charge in [-0.15, -0.1) is 24.8 Å². The van der Waals surface area contributed by atoms with Crippen LogP contribution in [0.1, 0.15) is 18.7 Å². The molecular formula is C17H23Cl2N3O. The Kier molecular flexibility index (Phi) is 6.09. The van der Waals surface area contributed by atoms with Crippen LogP contribution in [0, 0.1) is 5.41 Å². The summed E-state index contributed by atoms with van der Waals surface area (Å²) in [4.78, 5) is 6.93. The first-order valence-corrected chi connectivity index (χ1v) is 7.76. The minimum atomic E-state index is 0. The van der Waals surface area contributed by atoms with E-state index in [1.54, 1.807) is 0 Å². The van der Waals surface area contributed by atoms with Crippen LogP contribution in [0.15, 0.2) is 40.9 Å². The Labute approximate surface area is 149 Å². The molecule has 1 aromatic heterocycles. The van der Waals surface area contributed by atoms with E-state index in [9.17, 15) is 0 Å². The van der Waals surface area contributed by atoms with Crippen molar-refractivity contribution in [1.82, 2.24) is 15.2 Å². The number of hydrogen-bond donors (Lipinski definition) is 1. The van der Waals surface area contributed by atoms with E-state index in [4.69, 9.17) is 4.42 Å². The third kappa shape index (κ3) is 3.89. The summed E-state index contributed by atoms with van der Waals surface area (Å²) < 4.78 is 5.91. The molecule has 1 unspecified atom stereocenters. The highest BCUT2D eigenvalue weighted by Gasteiger charge is 2.40. The third-order valence-electron chi connectivity index (χ3n) is 4.82. The van der Waals surface area contributed by atoms with Gasteiger partial charge in [-0.05, 0) is 31.3 Å². The first kappa shape index (κ1) is 18.3. The molecule has 0 bridgehead atoms. The fourth-order valence-corrected chi connectivity index (χ4v) is 3.62. The lowest BCUT2D eigenvalue weighted by Gasteiger charge is -2.22. The molecule has 0 amide bonds. The summed E-state index contributed by atoms with van der Waals surface area (Å²) in [6.07, 6.45) is 4.45. The monoisotopic (exact) mass is 355 g/mol. The summed E-state index contributed by atoms with van der Waals surface area (Å²) in [5, 5.41) is 3.50. The van der Waals surface area contributed by atoms with Crippen molar-refractivity contribution in [3.8, 4) is 11.3 Å². The number of rotatable bonds is 3. The summed E-state index contributed by atoms with van der Waals surface area (Å²) in [5.41, 5.74) is 1.60. The number of aromatic nitrogens is 1. The molecule has 1 N–H and O–H groups in total. The number of likely N-dealkylation sites (tertiary alicyclic amines) is 1. The first-order chi connectivity index (χ1) is 10.3. The van der Waals surface area contributed by atoms with Crippen LogP contribution in [0.25, 0.3) is 11.3 Å². The van der Waals surface area contributed by atoms with Gasteiger partial charge in [0.1, 0.15) is 0 Å². The van der Waals surface area contributed by atoms with Crippen LogP contribution in [0.4, 0.5) is 0 Å². The highest BCUT2D eigenvalue weighted by atomic mass is 35.5. The Morgan fingerprint density at radius 1 is 1.17 bits per heavy atom. The van der Waals surface area contributed by atoms with Gasteiger partial charge >= 0.3 is 0 Å². The number of oxazole rings is 1. The highest BCUT2D eigenvalue weighted by Crippen LogP contribution is 2.36. The highest BCUT2D eigenvalue weighted by molar-refractivity contribution is 5.85. The number of hydrogen-bond acceptors (Lipinski definition) is 4. The number of nitrogens with one attached hydrogen (secondary N) is 1. The molecule has 4 rings (SSSR count). The predicted octanol–water partition coefficient (Wildman–Crippen LogP) is 3.37. The van der Waals surface area contributed by atoms with Crippen molar-refractivity contribution in [3.63, 3.8) is 0 Å². The largest absolute Gasteiger partial charge is 0.439 e. The number of halogens is 2. The van der Waals surface area contributed by atoms with E-state index in [0.717, 1.165) is 30.3 Å². The van der Waals surface area contributed by atoms with Crippen molar-refractivity contribution in [2.24, 2.45) is 5.41 Å². The fourth-order valence-electron chi connectivity index (χ4n) is 3.62. The molecule has 6 heteroatoms. The van der Waals surface area contributed by atoms with Crippen LogP contribution in [-0.4, -0.2) is 36.1 Å². The average molecular weight is 356 g/mol. The first-order valence-electron chi connectivity index (χ1n) is 7.76. The van der Waals surface area contributed by atoms with Gasteiger partial charge in [0.25, 0.3) is 0 Å². The average Bonchev–Trinajstić information content (AvgIpc) is 3.24. The van der Waals surface area contributed by atoms with Crippen LogP contribution in [-0.2, 0) is 6.54 Å². The second kappa shape index (κ2) is 7.67. The van der Waals surface area contributed by atoms with E-state index in [2.05, 4.69) is 27.3 Å². The molecule has 4 nitrogen and oxygen atoms in total. The minimum absolute atomic E-state index is 0. The molecule has 1 spiro atoms. The van der Waals surface area contributed by atoms with Gasteiger partial charge in [-0.25, -0.2) is 4.98 Å². The molecular weight excluding hydrogens is 333 g/mol. The lowest BCUT2D eigenvalue weighted by atomic mass is 9.87. The van der Waals surface area contributed by atoms with Crippen molar-refractivity contribution < 1.29 is 4.42 Å². The summed E-state index contributed by atoms with van der Waals surface area (Å²) >= 11 is 0. The SMILES string of the molecule is Cl.Cl.c1ccc(-c2cnc(CN3CCC4(CCNC4)C3)o2)cc1. The molecule has 1 aromatic carbocycles. The zero-order valence-corrected chi connectivity index (χ0v) is 14.7. The Hall–Kier alpha value is -1.07. The maximum absolute atomic E-state index is 5.91. The third-order valence-corrected chi connectivity index (χ3v) is 4.82. The molecule has 23 heavy (non-hydrogen) atoms. The topological polar surface area (TPSA) is 41.3 Å². The van der Waals surface area contributed by atoms with Gasteiger partial charge in [-0.2, -0.15) is 0 Å². The van der Waals surface area contributed by atoms with Crippen LogP contribution in [0.3, 0.4) is 0 Å². The van der Waals surface area contributed by atoms with E-state index in [1.165, 1.54) is 32.5 Å². The smallest absolute Gasteiger partial charge is 0.209 e. The van der Waals surface area contributed by atoms with Crippen LogP contribution < -0.4 is 5.32 Å². The summed E-state index contributed by atoms with van der Waals surface area (Å²) in [7, 11) is 0. The van der Waals surface area contributed by atoms with Gasteiger partial charge in [0, 0.05) is 18.7 Å². The van der Waals surface area contributed by atoms with E-state index < -0.39 is 0 Å². The molecule has 0 radical (unpaired) electrons. The van der Waals surface area contributed by atoms with Gasteiger partial charge in [0.15, 0.2) is 5.76 Å². The van der Waals surface area contributed by atoms with Gasteiger partial charge in [-0.3, -0.25) is 4.90 Å². The summed E-state index contributed by atoms with van der Waals surface area (Å²) in [5.74, 6) is 1.69.